The minimum absolute atomic E-state index is 0.00494. The van der Waals surface area contributed by atoms with Crippen molar-refractivity contribution in [1.82, 2.24) is 14.5 Å². The van der Waals surface area contributed by atoms with Crippen molar-refractivity contribution in [3.8, 4) is 11.4 Å². The molecular weight excluding hydrogens is 298 g/mol. The lowest BCUT2D eigenvalue weighted by molar-refractivity contribution is 0.0172. The number of hydrogen-bond acceptors (Lipinski definition) is 2. The summed E-state index contributed by atoms with van der Waals surface area (Å²) < 4.78 is 55.8. The van der Waals surface area contributed by atoms with E-state index in [1.165, 1.54) is 23.7 Å². The van der Waals surface area contributed by atoms with E-state index in [9.17, 15) is 17.6 Å². The van der Waals surface area contributed by atoms with Gasteiger partial charge in [-0.25, -0.2) is 27.5 Å². The minimum Gasteiger partial charge on any atom is -0.312 e. The fourth-order valence-electron chi connectivity index (χ4n) is 2.25. The molecular formula is C15H11F4N3. The number of benzene rings is 1. The Bertz CT molecular complexity index is 845. The maximum Gasteiger partial charge on any atom is 0.272 e. The number of aromatic nitrogens is 3. The Morgan fingerprint density at radius 1 is 1.14 bits per heavy atom. The molecule has 3 aromatic rings. The van der Waals surface area contributed by atoms with Crippen molar-refractivity contribution in [2.45, 2.75) is 12.8 Å². The van der Waals surface area contributed by atoms with Crippen molar-refractivity contribution in [3.05, 3.63) is 47.7 Å². The predicted molar refractivity (Wildman–Crippen MR) is 73.4 cm³/mol. The lowest BCUT2D eigenvalue weighted by Gasteiger charge is -2.09. The Kier molecular flexibility index (Phi) is 3.16. The molecule has 0 amide bonds. The molecule has 0 N–H and O–H groups in total. The summed E-state index contributed by atoms with van der Waals surface area (Å²) in [5.41, 5.74) is -0.198. The standard InChI is InChI=1S/C15H11F4N3/c1-15(18,19)8-6-11-13(20-7-8)22(2)14(21-11)12-9(16)4-3-5-10(12)17/h3-7H,1-2H3. The lowest BCUT2D eigenvalue weighted by atomic mass is 10.2. The van der Waals surface area contributed by atoms with E-state index in [0.29, 0.717) is 0 Å². The van der Waals surface area contributed by atoms with Crippen LogP contribution in [-0.2, 0) is 13.0 Å². The minimum atomic E-state index is -3.07. The number of aryl methyl sites for hydroxylation is 1. The zero-order valence-corrected chi connectivity index (χ0v) is 11.7. The molecule has 2 heterocycles. The highest BCUT2D eigenvalue weighted by atomic mass is 19.3. The van der Waals surface area contributed by atoms with Crippen LogP contribution >= 0.6 is 0 Å². The van der Waals surface area contributed by atoms with Crippen LogP contribution in [0.15, 0.2) is 30.5 Å². The number of fused-ring (bicyclic) bond motifs is 1. The van der Waals surface area contributed by atoms with Gasteiger partial charge in [0.15, 0.2) is 5.65 Å². The maximum absolute atomic E-state index is 13.9. The molecule has 22 heavy (non-hydrogen) atoms. The summed E-state index contributed by atoms with van der Waals surface area (Å²) in [5, 5.41) is 0. The first-order chi connectivity index (χ1) is 10.3. The van der Waals surface area contributed by atoms with E-state index in [1.54, 1.807) is 0 Å². The molecule has 0 radical (unpaired) electrons. The van der Waals surface area contributed by atoms with Gasteiger partial charge in [0, 0.05) is 25.7 Å². The van der Waals surface area contributed by atoms with Crippen LogP contribution in [0.5, 0.6) is 0 Å². The smallest absolute Gasteiger partial charge is 0.272 e. The van der Waals surface area contributed by atoms with Gasteiger partial charge in [-0.2, -0.15) is 0 Å². The molecule has 3 rings (SSSR count). The zero-order chi connectivity index (χ0) is 16.1. The normalized spacial score (nSPS) is 12.1. The number of alkyl halides is 2. The van der Waals surface area contributed by atoms with Crippen LogP contribution in [0.25, 0.3) is 22.6 Å². The van der Waals surface area contributed by atoms with Crippen LogP contribution in [0.1, 0.15) is 12.5 Å². The van der Waals surface area contributed by atoms with E-state index >= 15 is 0 Å². The first-order valence-electron chi connectivity index (χ1n) is 6.44. The number of pyridine rings is 1. The van der Waals surface area contributed by atoms with Crippen molar-refractivity contribution >= 4 is 11.2 Å². The molecule has 0 saturated heterocycles. The molecule has 7 heteroatoms. The van der Waals surface area contributed by atoms with E-state index in [2.05, 4.69) is 9.97 Å². The second kappa shape index (κ2) is 4.79. The molecule has 114 valence electrons. The third kappa shape index (κ3) is 2.22. The fraction of sp³-hybridized carbons (Fsp3) is 0.200. The Morgan fingerprint density at radius 2 is 1.77 bits per heavy atom. The van der Waals surface area contributed by atoms with Gasteiger partial charge >= 0.3 is 0 Å². The molecule has 1 aromatic carbocycles. The van der Waals surface area contributed by atoms with Crippen LogP contribution in [0, 0.1) is 11.6 Å². The summed E-state index contributed by atoms with van der Waals surface area (Å²) >= 11 is 0. The highest BCUT2D eigenvalue weighted by Crippen LogP contribution is 2.31. The number of rotatable bonds is 2. The summed E-state index contributed by atoms with van der Waals surface area (Å²) in [6, 6.07) is 4.63. The SMILES string of the molecule is Cn1c(-c2c(F)cccc2F)nc2cc(C(C)(F)F)cnc21. The lowest BCUT2D eigenvalue weighted by Crippen LogP contribution is -2.07. The number of imidazole rings is 1. The van der Waals surface area contributed by atoms with Crippen molar-refractivity contribution in [2.75, 3.05) is 0 Å². The Hall–Kier alpha value is -2.44. The van der Waals surface area contributed by atoms with Crippen LogP contribution in [0.3, 0.4) is 0 Å². The van der Waals surface area contributed by atoms with Gasteiger partial charge in [-0.1, -0.05) is 6.07 Å². The molecule has 0 unspecified atom stereocenters. The molecule has 0 aliphatic rings. The van der Waals surface area contributed by atoms with Gasteiger partial charge in [0.25, 0.3) is 5.92 Å². The van der Waals surface area contributed by atoms with E-state index in [-0.39, 0.29) is 28.1 Å². The molecule has 2 aromatic heterocycles. The number of halogens is 4. The second-order valence-corrected chi connectivity index (χ2v) is 5.05. The van der Waals surface area contributed by atoms with Crippen LogP contribution in [0.2, 0.25) is 0 Å². The highest BCUT2D eigenvalue weighted by molar-refractivity contribution is 5.78. The number of hydrogen-bond donors (Lipinski definition) is 0. The fourth-order valence-corrected chi connectivity index (χ4v) is 2.25. The monoisotopic (exact) mass is 309 g/mol. The average Bonchev–Trinajstić information content (AvgIpc) is 2.75. The first-order valence-corrected chi connectivity index (χ1v) is 6.44. The van der Waals surface area contributed by atoms with Crippen molar-refractivity contribution < 1.29 is 17.6 Å². The Morgan fingerprint density at radius 3 is 2.36 bits per heavy atom. The quantitative estimate of drug-likeness (QED) is 0.669. The van der Waals surface area contributed by atoms with Gasteiger partial charge in [-0.15, -0.1) is 0 Å². The van der Waals surface area contributed by atoms with Crippen LogP contribution in [0.4, 0.5) is 17.6 Å². The average molecular weight is 309 g/mol. The van der Waals surface area contributed by atoms with Crippen molar-refractivity contribution in [2.24, 2.45) is 7.05 Å². The molecule has 0 aliphatic carbocycles. The summed E-state index contributed by atoms with van der Waals surface area (Å²) in [7, 11) is 1.52. The Balaban J connectivity index is 2.26. The van der Waals surface area contributed by atoms with Gasteiger partial charge in [0.2, 0.25) is 0 Å². The molecule has 0 atom stereocenters. The zero-order valence-electron chi connectivity index (χ0n) is 11.7. The third-order valence-electron chi connectivity index (χ3n) is 3.40. The molecule has 0 bridgehead atoms. The third-order valence-corrected chi connectivity index (χ3v) is 3.40. The van der Waals surface area contributed by atoms with Gasteiger partial charge < -0.3 is 4.57 Å². The second-order valence-electron chi connectivity index (χ2n) is 5.05. The molecule has 3 nitrogen and oxygen atoms in total. The van der Waals surface area contributed by atoms with E-state index in [1.807, 2.05) is 0 Å². The largest absolute Gasteiger partial charge is 0.312 e. The topological polar surface area (TPSA) is 30.7 Å². The van der Waals surface area contributed by atoms with Gasteiger partial charge in [0.05, 0.1) is 5.56 Å². The number of nitrogens with zero attached hydrogens (tertiary/aromatic N) is 3. The molecule has 0 aliphatic heterocycles. The Labute approximate surface area is 123 Å². The summed E-state index contributed by atoms with van der Waals surface area (Å²) in [6.07, 6.45) is 1.03. The highest BCUT2D eigenvalue weighted by Gasteiger charge is 2.26. The molecule has 0 saturated carbocycles. The summed E-state index contributed by atoms with van der Waals surface area (Å²) in [6.45, 7) is 0.746. The van der Waals surface area contributed by atoms with Crippen molar-refractivity contribution in [3.63, 3.8) is 0 Å². The molecule has 0 spiro atoms. The van der Waals surface area contributed by atoms with Crippen LogP contribution < -0.4 is 0 Å². The van der Waals surface area contributed by atoms with Crippen molar-refractivity contribution in [1.29, 1.82) is 0 Å². The summed E-state index contributed by atoms with van der Waals surface area (Å²) in [5.74, 6) is -4.63. The van der Waals surface area contributed by atoms with Gasteiger partial charge in [-0.3, -0.25) is 0 Å². The van der Waals surface area contributed by atoms with Gasteiger partial charge in [0.1, 0.15) is 23.0 Å². The van der Waals surface area contributed by atoms with E-state index < -0.39 is 17.6 Å². The van der Waals surface area contributed by atoms with Gasteiger partial charge in [-0.05, 0) is 18.2 Å². The van der Waals surface area contributed by atoms with E-state index in [0.717, 1.165) is 25.3 Å². The molecule has 0 fully saturated rings. The first kappa shape index (κ1) is 14.5. The van der Waals surface area contributed by atoms with E-state index in [4.69, 9.17) is 0 Å². The maximum atomic E-state index is 13.9. The summed E-state index contributed by atoms with van der Waals surface area (Å²) in [4.78, 5) is 7.99. The predicted octanol–water partition coefficient (Wildman–Crippen LogP) is 4.03. The van der Waals surface area contributed by atoms with Crippen LogP contribution in [-0.4, -0.2) is 14.5 Å².